The third-order valence-electron chi connectivity index (χ3n) is 3.45. The number of carbonyl (C=O) groups excluding carboxylic acids is 1. The van der Waals surface area contributed by atoms with Crippen LogP contribution in [-0.2, 0) is 21.2 Å². The minimum Gasteiger partial charge on any atom is -0.491 e. The van der Waals surface area contributed by atoms with Crippen LogP contribution < -0.4 is 14.8 Å². The normalized spacial score (nSPS) is 11.3. The van der Waals surface area contributed by atoms with Crippen LogP contribution in [0.2, 0.25) is 0 Å². The molecule has 0 radical (unpaired) electrons. The Kier molecular flexibility index (Phi) is 7.18. The van der Waals surface area contributed by atoms with Crippen LogP contribution in [-0.4, -0.2) is 32.7 Å². The lowest BCUT2D eigenvalue weighted by Gasteiger charge is -2.11. The van der Waals surface area contributed by atoms with Gasteiger partial charge in [-0.1, -0.05) is 12.1 Å². The number of hydrogen-bond acceptors (Lipinski definition) is 4. The lowest BCUT2D eigenvalue weighted by molar-refractivity contribution is -0.118. The van der Waals surface area contributed by atoms with Gasteiger partial charge >= 0.3 is 0 Å². The number of carbonyl (C=O) groups is 1. The summed E-state index contributed by atoms with van der Waals surface area (Å²) >= 11 is 0. The first-order chi connectivity index (χ1) is 12.7. The molecule has 0 aliphatic rings. The van der Waals surface area contributed by atoms with E-state index >= 15 is 0 Å². The van der Waals surface area contributed by atoms with Gasteiger partial charge in [-0.3, -0.25) is 9.52 Å². The van der Waals surface area contributed by atoms with E-state index in [1.165, 1.54) is 12.1 Å². The molecule has 8 heteroatoms. The van der Waals surface area contributed by atoms with Gasteiger partial charge in [0.2, 0.25) is 15.9 Å². The molecule has 1 amide bonds. The molecule has 27 heavy (non-hydrogen) atoms. The summed E-state index contributed by atoms with van der Waals surface area (Å²) in [5, 5.41) is 2.52. The zero-order valence-electron chi connectivity index (χ0n) is 15.2. The number of ether oxygens (including phenoxy) is 1. The van der Waals surface area contributed by atoms with E-state index in [-0.39, 0.29) is 18.5 Å². The molecule has 0 atom stereocenters. The van der Waals surface area contributed by atoms with E-state index in [2.05, 4.69) is 10.0 Å². The van der Waals surface area contributed by atoms with E-state index in [9.17, 15) is 17.6 Å². The van der Waals surface area contributed by atoms with E-state index in [1.54, 1.807) is 36.4 Å². The van der Waals surface area contributed by atoms with E-state index in [1.807, 2.05) is 13.8 Å². The highest BCUT2D eigenvalue weighted by Crippen LogP contribution is 2.17. The summed E-state index contributed by atoms with van der Waals surface area (Å²) in [7, 11) is -3.83. The van der Waals surface area contributed by atoms with Crippen LogP contribution in [0.1, 0.15) is 19.4 Å². The number of nitrogens with one attached hydrogen (secondary N) is 2. The van der Waals surface area contributed by atoms with Crippen molar-refractivity contribution in [3.63, 3.8) is 0 Å². The topological polar surface area (TPSA) is 84.5 Å². The summed E-state index contributed by atoms with van der Waals surface area (Å²) in [5.74, 6) is -1.04. The van der Waals surface area contributed by atoms with Gasteiger partial charge in [0.15, 0.2) is 0 Å². The van der Waals surface area contributed by atoms with Crippen LogP contribution in [0.4, 0.5) is 10.1 Å². The molecule has 0 fully saturated rings. The van der Waals surface area contributed by atoms with Crippen LogP contribution in [0.5, 0.6) is 5.75 Å². The molecule has 2 aromatic carbocycles. The molecule has 0 heterocycles. The molecular formula is C19H23FN2O4S. The number of sulfonamides is 1. The molecule has 2 rings (SSSR count). The van der Waals surface area contributed by atoms with Crippen LogP contribution in [0.15, 0.2) is 48.5 Å². The maximum Gasteiger partial charge on any atom is 0.241 e. The van der Waals surface area contributed by atoms with Crippen molar-refractivity contribution in [2.24, 2.45) is 0 Å². The standard InChI is InChI=1S/C19H23FN2O4S/c1-14(2)26-18-8-6-17(7-9-18)22-27(24,25)13-19(23)21-11-10-15-4-3-5-16(20)12-15/h3-9,12,14,22H,10-11,13H2,1-2H3,(H,21,23). The summed E-state index contributed by atoms with van der Waals surface area (Å²) in [6.45, 7) is 4.01. The molecule has 146 valence electrons. The van der Waals surface area contributed by atoms with Gasteiger partial charge in [-0.05, 0) is 62.2 Å². The van der Waals surface area contributed by atoms with Crippen molar-refractivity contribution in [1.29, 1.82) is 0 Å². The summed E-state index contributed by atoms with van der Waals surface area (Å²) < 4.78 is 45.1. The highest BCUT2D eigenvalue weighted by Gasteiger charge is 2.16. The summed E-state index contributed by atoms with van der Waals surface area (Å²) in [5.41, 5.74) is 1.07. The van der Waals surface area contributed by atoms with Crippen molar-refractivity contribution in [2.45, 2.75) is 26.4 Å². The molecule has 0 aromatic heterocycles. The average Bonchev–Trinajstić information content (AvgIpc) is 2.55. The van der Waals surface area contributed by atoms with E-state index in [0.29, 0.717) is 17.9 Å². The first-order valence-electron chi connectivity index (χ1n) is 8.52. The lowest BCUT2D eigenvalue weighted by Crippen LogP contribution is -2.34. The maximum atomic E-state index is 13.1. The maximum absolute atomic E-state index is 13.1. The summed E-state index contributed by atoms with van der Waals surface area (Å²) in [6.07, 6.45) is 0.428. The van der Waals surface area contributed by atoms with Crippen molar-refractivity contribution in [3.8, 4) is 5.75 Å². The monoisotopic (exact) mass is 394 g/mol. The Morgan fingerprint density at radius 2 is 1.85 bits per heavy atom. The Labute approximate surface area is 158 Å². The Morgan fingerprint density at radius 1 is 1.15 bits per heavy atom. The SMILES string of the molecule is CC(C)Oc1ccc(NS(=O)(=O)CC(=O)NCCc2cccc(F)c2)cc1. The minimum absolute atomic E-state index is 0.0172. The van der Waals surface area contributed by atoms with Gasteiger partial charge in [0.25, 0.3) is 0 Å². The van der Waals surface area contributed by atoms with E-state index in [4.69, 9.17) is 4.74 Å². The van der Waals surface area contributed by atoms with Crippen molar-refractivity contribution in [3.05, 3.63) is 59.9 Å². The van der Waals surface area contributed by atoms with Crippen LogP contribution in [0.3, 0.4) is 0 Å². The molecule has 2 N–H and O–H groups in total. The second kappa shape index (κ2) is 9.36. The van der Waals surface area contributed by atoms with E-state index in [0.717, 1.165) is 5.56 Å². The molecule has 0 bridgehead atoms. The van der Waals surface area contributed by atoms with Crippen LogP contribution >= 0.6 is 0 Å². The highest BCUT2D eigenvalue weighted by molar-refractivity contribution is 7.93. The van der Waals surface area contributed by atoms with Gasteiger partial charge < -0.3 is 10.1 Å². The van der Waals surface area contributed by atoms with Gasteiger partial charge in [0.1, 0.15) is 17.3 Å². The molecular weight excluding hydrogens is 371 g/mol. The number of hydrogen-bond donors (Lipinski definition) is 2. The quantitative estimate of drug-likeness (QED) is 0.685. The van der Waals surface area contributed by atoms with Crippen molar-refractivity contribution < 1.29 is 22.3 Å². The fraction of sp³-hybridized carbons (Fsp3) is 0.316. The Morgan fingerprint density at radius 3 is 2.48 bits per heavy atom. The number of benzene rings is 2. The second-order valence-electron chi connectivity index (χ2n) is 6.28. The Bertz CT molecular complexity index is 868. The summed E-state index contributed by atoms with van der Waals surface area (Å²) in [4.78, 5) is 11.9. The van der Waals surface area contributed by atoms with Gasteiger partial charge in [0.05, 0.1) is 6.10 Å². The lowest BCUT2D eigenvalue weighted by atomic mass is 10.1. The fourth-order valence-corrected chi connectivity index (χ4v) is 3.37. The average molecular weight is 394 g/mol. The fourth-order valence-electron chi connectivity index (χ4n) is 2.35. The third kappa shape index (κ3) is 7.65. The molecule has 0 aliphatic heterocycles. The molecule has 0 saturated carbocycles. The van der Waals surface area contributed by atoms with Crippen LogP contribution in [0, 0.1) is 5.82 Å². The molecule has 0 spiro atoms. The molecule has 0 saturated heterocycles. The third-order valence-corrected chi connectivity index (χ3v) is 4.63. The minimum atomic E-state index is -3.83. The predicted molar refractivity (Wildman–Crippen MR) is 103 cm³/mol. The number of anilines is 1. The number of halogens is 1. The zero-order valence-corrected chi connectivity index (χ0v) is 16.1. The van der Waals surface area contributed by atoms with Crippen molar-refractivity contribution in [2.75, 3.05) is 17.0 Å². The van der Waals surface area contributed by atoms with E-state index < -0.39 is 21.7 Å². The molecule has 0 aliphatic carbocycles. The molecule has 6 nitrogen and oxygen atoms in total. The highest BCUT2D eigenvalue weighted by atomic mass is 32.2. The smallest absolute Gasteiger partial charge is 0.241 e. The first kappa shape index (κ1) is 20.7. The number of rotatable bonds is 9. The molecule has 0 unspecified atom stereocenters. The second-order valence-corrected chi connectivity index (χ2v) is 8.00. The van der Waals surface area contributed by atoms with Crippen molar-refractivity contribution in [1.82, 2.24) is 5.32 Å². The molecule has 2 aromatic rings. The predicted octanol–water partition coefficient (Wildman–Crippen LogP) is 2.71. The Balaban J connectivity index is 1.81. The van der Waals surface area contributed by atoms with Gasteiger partial charge in [-0.25, -0.2) is 12.8 Å². The largest absolute Gasteiger partial charge is 0.491 e. The van der Waals surface area contributed by atoms with Crippen LogP contribution in [0.25, 0.3) is 0 Å². The van der Waals surface area contributed by atoms with Gasteiger partial charge in [-0.15, -0.1) is 0 Å². The van der Waals surface area contributed by atoms with Gasteiger partial charge in [-0.2, -0.15) is 0 Å². The number of amides is 1. The Hall–Kier alpha value is -2.61. The zero-order chi connectivity index (χ0) is 19.9. The van der Waals surface area contributed by atoms with Gasteiger partial charge in [0, 0.05) is 12.2 Å². The first-order valence-corrected chi connectivity index (χ1v) is 10.2. The van der Waals surface area contributed by atoms with Crippen molar-refractivity contribution >= 4 is 21.6 Å². The summed E-state index contributed by atoms with van der Waals surface area (Å²) in [6, 6.07) is 12.5.